The van der Waals surface area contributed by atoms with Crippen molar-refractivity contribution in [3.63, 3.8) is 0 Å². The summed E-state index contributed by atoms with van der Waals surface area (Å²) in [6.45, 7) is 2.45. The second-order valence-electron chi connectivity index (χ2n) is 8.75. The monoisotopic (exact) mass is 487 g/mol. The van der Waals surface area contributed by atoms with Gasteiger partial charge in [0.2, 0.25) is 6.29 Å². The number of benzene rings is 2. The van der Waals surface area contributed by atoms with E-state index in [4.69, 9.17) is 14.2 Å². The van der Waals surface area contributed by atoms with Crippen molar-refractivity contribution in [1.29, 1.82) is 0 Å². The number of ether oxygens (including phenoxy) is 3. The third-order valence-electron chi connectivity index (χ3n) is 5.95. The first-order chi connectivity index (χ1) is 17.0. The maximum absolute atomic E-state index is 10.1. The summed E-state index contributed by atoms with van der Waals surface area (Å²) in [6.07, 6.45) is 2.58. The molecule has 2 aromatic carbocycles. The minimum atomic E-state index is -1.48. The minimum absolute atomic E-state index is 0.389. The zero-order chi connectivity index (χ0) is 25.0. The quantitative estimate of drug-likeness (QED) is 0.253. The van der Waals surface area contributed by atoms with E-state index in [1.54, 1.807) is 30.5 Å². The maximum Gasteiger partial charge on any atom is 0.229 e. The first kappa shape index (κ1) is 27.1. The molecule has 8 nitrogen and oxygen atoms in total. The van der Waals surface area contributed by atoms with Crippen LogP contribution < -0.4 is 9.47 Å². The van der Waals surface area contributed by atoms with E-state index in [2.05, 4.69) is 11.9 Å². The average Bonchev–Trinajstić information content (AvgIpc) is 2.88. The Bertz CT molecular complexity index is 885. The lowest BCUT2D eigenvalue weighted by atomic mass is 9.99. The SMILES string of the molecule is CCCCCCCCOc1ccc(C=Nc2ccc(O[C@H]3O[C@H](CO)[C@@H](O)[C@H](O)[C@H]3O)cc2)cc1. The van der Waals surface area contributed by atoms with Crippen LogP contribution >= 0.6 is 0 Å². The van der Waals surface area contributed by atoms with Crippen LogP contribution in [0.5, 0.6) is 11.5 Å². The number of aliphatic imine (C=N–C) groups is 1. The number of hydrogen-bond acceptors (Lipinski definition) is 8. The van der Waals surface area contributed by atoms with Crippen LogP contribution in [0.25, 0.3) is 0 Å². The van der Waals surface area contributed by atoms with Crippen molar-refractivity contribution >= 4 is 11.9 Å². The summed E-state index contributed by atoms with van der Waals surface area (Å²) in [7, 11) is 0. The van der Waals surface area contributed by atoms with Crippen molar-refractivity contribution in [2.75, 3.05) is 13.2 Å². The highest BCUT2D eigenvalue weighted by atomic mass is 16.7. The molecule has 0 saturated carbocycles. The molecule has 0 aromatic heterocycles. The lowest BCUT2D eigenvalue weighted by Gasteiger charge is -2.39. The Morgan fingerprint density at radius 2 is 1.49 bits per heavy atom. The van der Waals surface area contributed by atoms with Gasteiger partial charge in [0.25, 0.3) is 0 Å². The Morgan fingerprint density at radius 1 is 0.829 bits per heavy atom. The number of aliphatic hydroxyl groups is 4. The molecule has 0 spiro atoms. The van der Waals surface area contributed by atoms with Crippen LogP contribution in [0.4, 0.5) is 5.69 Å². The molecule has 1 aliphatic rings. The lowest BCUT2D eigenvalue weighted by molar-refractivity contribution is -0.277. The predicted octanol–water partition coefficient (Wildman–Crippen LogP) is 3.36. The molecule has 4 N–H and O–H groups in total. The third kappa shape index (κ3) is 8.30. The summed E-state index contributed by atoms with van der Waals surface area (Å²) >= 11 is 0. The molecule has 0 aliphatic carbocycles. The third-order valence-corrected chi connectivity index (χ3v) is 5.95. The number of hydrogen-bond donors (Lipinski definition) is 4. The van der Waals surface area contributed by atoms with Crippen LogP contribution in [0.1, 0.15) is 51.0 Å². The lowest BCUT2D eigenvalue weighted by Crippen LogP contribution is -2.60. The smallest absolute Gasteiger partial charge is 0.229 e. The van der Waals surface area contributed by atoms with E-state index < -0.39 is 37.3 Å². The van der Waals surface area contributed by atoms with Crippen LogP contribution in [-0.2, 0) is 4.74 Å². The van der Waals surface area contributed by atoms with Crippen molar-refractivity contribution in [3.8, 4) is 11.5 Å². The van der Waals surface area contributed by atoms with Crippen molar-refractivity contribution in [2.45, 2.75) is 76.2 Å². The predicted molar refractivity (Wildman–Crippen MR) is 133 cm³/mol. The van der Waals surface area contributed by atoms with E-state index in [9.17, 15) is 20.4 Å². The summed E-state index contributed by atoms with van der Waals surface area (Å²) in [5.74, 6) is 1.24. The van der Waals surface area contributed by atoms with Gasteiger partial charge >= 0.3 is 0 Å². The molecule has 35 heavy (non-hydrogen) atoms. The van der Waals surface area contributed by atoms with E-state index in [0.717, 1.165) is 24.3 Å². The molecule has 1 heterocycles. The highest BCUT2D eigenvalue weighted by Gasteiger charge is 2.44. The Balaban J connectivity index is 1.45. The summed E-state index contributed by atoms with van der Waals surface area (Å²) in [5.41, 5.74) is 1.65. The zero-order valence-electron chi connectivity index (χ0n) is 20.2. The second kappa shape index (κ2) is 14.2. The Kier molecular flexibility index (Phi) is 11.0. The van der Waals surface area contributed by atoms with Gasteiger partial charge in [0, 0.05) is 6.21 Å². The van der Waals surface area contributed by atoms with Gasteiger partial charge in [-0.15, -0.1) is 0 Å². The van der Waals surface area contributed by atoms with Gasteiger partial charge in [-0.2, -0.15) is 0 Å². The molecule has 0 radical (unpaired) electrons. The van der Waals surface area contributed by atoms with Crippen LogP contribution in [0.2, 0.25) is 0 Å². The van der Waals surface area contributed by atoms with Crippen molar-refractivity contribution in [2.24, 2.45) is 4.99 Å². The number of aliphatic hydroxyl groups excluding tert-OH is 4. The summed E-state index contributed by atoms with van der Waals surface area (Å²) in [4.78, 5) is 4.46. The van der Waals surface area contributed by atoms with Gasteiger partial charge in [-0.25, -0.2) is 0 Å². The number of nitrogens with zero attached hydrogens (tertiary/aromatic N) is 1. The first-order valence-electron chi connectivity index (χ1n) is 12.4. The number of rotatable bonds is 13. The summed E-state index contributed by atoms with van der Waals surface area (Å²) in [5, 5.41) is 39.1. The van der Waals surface area contributed by atoms with Crippen LogP contribution in [0.3, 0.4) is 0 Å². The molecule has 2 aromatic rings. The van der Waals surface area contributed by atoms with E-state index in [0.29, 0.717) is 11.4 Å². The fourth-order valence-corrected chi connectivity index (χ4v) is 3.78. The Hall–Kier alpha value is -2.49. The van der Waals surface area contributed by atoms with Crippen molar-refractivity contribution in [1.82, 2.24) is 0 Å². The Morgan fingerprint density at radius 3 is 2.17 bits per heavy atom. The van der Waals surface area contributed by atoms with Gasteiger partial charge in [0.05, 0.1) is 18.9 Å². The minimum Gasteiger partial charge on any atom is -0.494 e. The average molecular weight is 488 g/mol. The van der Waals surface area contributed by atoms with Crippen molar-refractivity contribution < 1.29 is 34.6 Å². The van der Waals surface area contributed by atoms with Crippen LogP contribution in [0.15, 0.2) is 53.5 Å². The molecule has 5 atom stereocenters. The van der Waals surface area contributed by atoms with Crippen LogP contribution in [-0.4, -0.2) is 70.6 Å². The molecular weight excluding hydrogens is 450 g/mol. The summed E-state index contributed by atoms with van der Waals surface area (Å²) < 4.78 is 16.8. The van der Waals surface area contributed by atoms with Gasteiger partial charge < -0.3 is 34.6 Å². The van der Waals surface area contributed by atoms with Gasteiger partial charge in [0.15, 0.2) is 0 Å². The topological polar surface area (TPSA) is 121 Å². The van der Waals surface area contributed by atoms with E-state index in [1.165, 1.54) is 32.1 Å². The molecule has 0 bridgehead atoms. The van der Waals surface area contributed by atoms with E-state index in [1.807, 2.05) is 24.3 Å². The fourth-order valence-electron chi connectivity index (χ4n) is 3.78. The molecule has 3 rings (SSSR count). The summed E-state index contributed by atoms with van der Waals surface area (Å²) in [6, 6.07) is 14.6. The molecule has 0 amide bonds. The molecule has 1 saturated heterocycles. The van der Waals surface area contributed by atoms with Gasteiger partial charge in [-0.3, -0.25) is 4.99 Å². The van der Waals surface area contributed by atoms with Crippen LogP contribution in [0, 0.1) is 0 Å². The van der Waals surface area contributed by atoms with Crippen molar-refractivity contribution in [3.05, 3.63) is 54.1 Å². The first-order valence-corrected chi connectivity index (χ1v) is 12.4. The maximum atomic E-state index is 10.1. The second-order valence-corrected chi connectivity index (χ2v) is 8.75. The molecule has 8 heteroatoms. The molecule has 1 aliphatic heterocycles. The zero-order valence-corrected chi connectivity index (χ0v) is 20.2. The molecule has 192 valence electrons. The van der Waals surface area contributed by atoms with E-state index >= 15 is 0 Å². The Labute approximate surface area is 206 Å². The standard InChI is InChI=1S/C27H37NO7/c1-2-3-4-5-6-7-16-33-21-12-8-19(9-13-21)17-28-20-10-14-22(15-11-20)34-27-26(32)25(31)24(30)23(18-29)35-27/h8-15,17,23-27,29-32H,2-7,16,18H2,1H3/t23-,24-,25+,26-,27+/m1/s1. The van der Waals surface area contributed by atoms with Gasteiger partial charge in [-0.05, 0) is 60.5 Å². The van der Waals surface area contributed by atoms with Gasteiger partial charge in [-0.1, -0.05) is 39.0 Å². The van der Waals surface area contributed by atoms with E-state index in [-0.39, 0.29) is 0 Å². The fraction of sp³-hybridized carbons (Fsp3) is 0.519. The highest BCUT2D eigenvalue weighted by molar-refractivity contribution is 5.82. The van der Waals surface area contributed by atoms with Gasteiger partial charge in [0.1, 0.15) is 35.9 Å². The molecule has 1 fully saturated rings. The normalized spacial score (nSPS) is 24.5. The highest BCUT2D eigenvalue weighted by Crippen LogP contribution is 2.26. The number of unbranched alkanes of at least 4 members (excludes halogenated alkanes) is 5. The largest absolute Gasteiger partial charge is 0.494 e. The molecular formula is C27H37NO7. The molecule has 0 unspecified atom stereocenters.